The Balaban J connectivity index is 2.06. The summed E-state index contributed by atoms with van der Waals surface area (Å²) in [5, 5.41) is 6.61. The smallest absolute Gasteiger partial charge is 0.298 e. The fourth-order valence-electron chi connectivity index (χ4n) is 3.28. The summed E-state index contributed by atoms with van der Waals surface area (Å²) in [6.45, 7) is -1.51. The maximum atomic E-state index is 13.2. The minimum atomic E-state index is -4.65. The minimum absolute atomic E-state index is 0.000499. The predicted octanol–water partition coefficient (Wildman–Crippen LogP) is 2.41. The largest absolute Gasteiger partial charge is 0.406 e. The van der Waals surface area contributed by atoms with Crippen LogP contribution in [0.15, 0.2) is 52.4 Å². The lowest BCUT2D eigenvalue weighted by molar-refractivity contribution is -0.140. The number of aromatic amines is 1. The first-order chi connectivity index (χ1) is 14.1. The van der Waals surface area contributed by atoms with Crippen LogP contribution in [0.1, 0.15) is 0 Å². The summed E-state index contributed by atoms with van der Waals surface area (Å²) in [6.07, 6.45) is -2.20. The molecule has 0 aliphatic heterocycles. The highest BCUT2D eigenvalue weighted by atomic mass is 32.2. The van der Waals surface area contributed by atoms with Gasteiger partial charge in [-0.05, 0) is 19.2 Å². The molecule has 0 spiro atoms. The molecule has 156 valence electrons. The van der Waals surface area contributed by atoms with Crippen LogP contribution in [0.2, 0.25) is 0 Å². The highest BCUT2D eigenvalue weighted by molar-refractivity contribution is 7.89. The van der Waals surface area contributed by atoms with Gasteiger partial charge in [-0.15, -0.1) is 0 Å². The van der Waals surface area contributed by atoms with E-state index in [1.807, 2.05) is 0 Å². The Hall–Kier alpha value is -3.25. The fraction of sp³-hybridized carbons (Fsp3) is 0.167. The number of fused-ring (bicyclic) bond motifs is 3. The number of sulfonamides is 1. The van der Waals surface area contributed by atoms with Crippen molar-refractivity contribution in [3.63, 3.8) is 0 Å². The summed E-state index contributed by atoms with van der Waals surface area (Å²) in [6, 6.07) is 7.21. The molecule has 4 rings (SSSR count). The molecule has 0 radical (unpaired) electrons. The van der Waals surface area contributed by atoms with E-state index in [2.05, 4.69) is 19.9 Å². The zero-order chi connectivity index (χ0) is 21.7. The topological polar surface area (TPSA) is 110 Å². The normalized spacial score (nSPS) is 12.7. The molecule has 3 heterocycles. The highest BCUT2D eigenvalue weighted by Crippen LogP contribution is 2.30. The Kier molecular flexibility index (Phi) is 4.62. The van der Waals surface area contributed by atoms with E-state index in [1.54, 1.807) is 6.07 Å². The number of H-pyrrole nitrogens is 1. The first-order valence-electron chi connectivity index (χ1n) is 8.58. The van der Waals surface area contributed by atoms with Gasteiger partial charge >= 0.3 is 6.18 Å². The second-order valence-electron chi connectivity index (χ2n) is 6.46. The quantitative estimate of drug-likeness (QED) is 0.510. The van der Waals surface area contributed by atoms with Crippen molar-refractivity contribution in [2.45, 2.75) is 17.6 Å². The zero-order valence-corrected chi connectivity index (χ0v) is 16.2. The second kappa shape index (κ2) is 6.92. The van der Waals surface area contributed by atoms with Gasteiger partial charge in [0.25, 0.3) is 5.56 Å². The third kappa shape index (κ3) is 3.33. The van der Waals surface area contributed by atoms with E-state index in [0.717, 1.165) is 6.20 Å². The van der Waals surface area contributed by atoms with Crippen LogP contribution < -0.4 is 10.3 Å². The highest BCUT2D eigenvalue weighted by Gasteiger charge is 2.30. The van der Waals surface area contributed by atoms with Gasteiger partial charge in [0.05, 0.1) is 33.2 Å². The Morgan fingerprint density at radius 2 is 1.90 bits per heavy atom. The van der Waals surface area contributed by atoms with Gasteiger partial charge in [-0.25, -0.2) is 13.1 Å². The molecule has 3 aromatic heterocycles. The summed E-state index contributed by atoms with van der Waals surface area (Å²) in [4.78, 5) is 16.8. The van der Waals surface area contributed by atoms with Crippen molar-refractivity contribution in [3.8, 4) is 11.3 Å². The maximum Gasteiger partial charge on any atom is 0.406 e. The van der Waals surface area contributed by atoms with Gasteiger partial charge in [-0.2, -0.15) is 18.3 Å². The lowest BCUT2D eigenvalue weighted by atomic mass is 10.1. The SMILES string of the molecule is CNS(=O)(=O)c1ccccc1-c1cc2c(cn1)c1[nH]ncc1c(=O)n2CC(F)(F)F. The molecule has 0 bridgehead atoms. The van der Waals surface area contributed by atoms with E-state index in [0.29, 0.717) is 4.57 Å². The van der Waals surface area contributed by atoms with E-state index in [4.69, 9.17) is 0 Å². The van der Waals surface area contributed by atoms with Gasteiger partial charge in [-0.3, -0.25) is 19.4 Å². The molecule has 30 heavy (non-hydrogen) atoms. The van der Waals surface area contributed by atoms with Crippen molar-refractivity contribution < 1.29 is 21.6 Å². The molecule has 2 N–H and O–H groups in total. The standard InChI is InChI=1S/C18H14F3N5O3S/c1-22-30(28,29)15-5-3-2-4-10(15)13-6-14-11(7-23-13)16-12(8-24-25-16)17(27)26(14)9-18(19,20)21/h2-8,22H,9H2,1H3,(H,24,25). The third-order valence-electron chi connectivity index (χ3n) is 4.62. The van der Waals surface area contributed by atoms with Gasteiger partial charge in [0.1, 0.15) is 6.54 Å². The molecule has 1 aromatic carbocycles. The number of pyridine rings is 2. The number of halogens is 3. The van der Waals surface area contributed by atoms with Crippen LogP contribution in [0.4, 0.5) is 13.2 Å². The number of aromatic nitrogens is 4. The molecule has 0 atom stereocenters. The fourth-order valence-corrected chi connectivity index (χ4v) is 4.21. The van der Waals surface area contributed by atoms with Gasteiger partial charge in [0.15, 0.2) is 0 Å². The Morgan fingerprint density at radius 1 is 1.17 bits per heavy atom. The Labute approximate surface area is 167 Å². The Bertz CT molecular complexity index is 1440. The number of benzene rings is 1. The maximum absolute atomic E-state index is 13.2. The van der Waals surface area contributed by atoms with Crippen LogP contribution in [0.5, 0.6) is 0 Å². The van der Waals surface area contributed by atoms with E-state index in [9.17, 15) is 26.4 Å². The minimum Gasteiger partial charge on any atom is -0.298 e. The first-order valence-corrected chi connectivity index (χ1v) is 10.1. The van der Waals surface area contributed by atoms with Gasteiger partial charge in [0.2, 0.25) is 10.0 Å². The molecule has 0 aliphatic rings. The van der Waals surface area contributed by atoms with E-state index in [1.165, 1.54) is 37.5 Å². The average Bonchev–Trinajstić information content (AvgIpc) is 3.20. The zero-order valence-electron chi connectivity index (χ0n) is 15.4. The number of rotatable bonds is 4. The molecule has 12 heteroatoms. The molecule has 0 saturated carbocycles. The van der Waals surface area contributed by atoms with Crippen LogP contribution in [0.3, 0.4) is 0 Å². The predicted molar refractivity (Wildman–Crippen MR) is 103 cm³/mol. The molecule has 8 nitrogen and oxygen atoms in total. The van der Waals surface area contributed by atoms with Crippen LogP contribution in [-0.4, -0.2) is 41.4 Å². The first kappa shape index (κ1) is 20.0. The number of alkyl halides is 3. The van der Waals surface area contributed by atoms with Crippen LogP contribution in [0.25, 0.3) is 33.1 Å². The molecular weight excluding hydrogens is 423 g/mol. The van der Waals surface area contributed by atoms with Crippen molar-refractivity contribution in [3.05, 3.63) is 53.1 Å². The number of nitrogens with zero attached hydrogens (tertiary/aromatic N) is 3. The van der Waals surface area contributed by atoms with Crippen molar-refractivity contribution >= 4 is 31.8 Å². The summed E-state index contributed by atoms with van der Waals surface area (Å²) in [7, 11) is -2.61. The summed E-state index contributed by atoms with van der Waals surface area (Å²) in [5.41, 5.74) is -0.369. The molecule has 4 aromatic rings. The molecule has 0 aliphatic carbocycles. The van der Waals surface area contributed by atoms with Crippen molar-refractivity contribution in [1.29, 1.82) is 0 Å². The van der Waals surface area contributed by atoms with E-state index in [-0.39, 0.29) is 38.0 Å². The molecule has 0 unspecified atom stereocenters. The van der Waals surface area contributed by atoms with E-state index < -0.39 is 28.3 Å². The van der Waals surface area contributed by atoms with Crippen molar-refractivity contribution in [2.24, 2.45) is 0 Å². The lowest BCUT2D eigenvalue weighted by Crippen LogP contribution is -2.28. The number of hydrogen-bond donors (Lipinski definition) is 2. The molecule has 0 saturated heterocycles. The van der Waals surface area contributed by atoms with Crippen LogP contribution in [-0.2, 0) is 16.6 Å². The van der Waals surface area contributed by atoms with Crippen molar-refractivity contribution in [1.82, 2.24) is 24.5 Å². The molecule has 0 fully saturated rings. The van der Waals surface area contributed by atoms with Gasteiger partial charge in [0, 0.05) is 17.1 Å². The van der Waals surface area contributed by atoms with Crippen molar-refractivity contribution in [2.75, 3.05) is 7.05 Å². The number of hydrogen-bond acceptors (Lipinski definition) is 5. The second-order valence-corrected chi connectivity index (χ2v) is 8.31. The monoisotopic (exact) mass is 437 g/mol. The van der Waals surface area contributed by atoms with Gasteiger partial charge < -0.3 is 0 Å². The van der Waals surface area contributed by atoms with Crippen LogP contribution in [0, 0.1) is 0 Å². The summed E-state index contributed by atoms with van der Waals surface area (Å²) >= 11 is 0. The van der Waals surface area contributed by atoms with Crippen LogP contribution >= 0.6 is 0 Å². The summed E-state index contributed by atoms with van der Waals surface area (Å²) < 4.78 is 67.0. The average molecular weight is 437 g/mol. The third-order valence-corrected chi connectivity index (χ3v) is 6.09. The molecular formula is C18H14F3N5O3S. The van der Waals surface area contributed by atoms with E-state index >= 15 is 0 Å². The Morgan fingerprint density at radius 3 is 2.60 bits per heavy atom. The lowest BCUT2D eigenvalue weighted by Gasteiger charge is -2.15. The number of nitrogens with one attached hydrogen (secondary N) is 2. The summed E-state index contributed by atoms with van der Waals surface area (Å²) in [5.74, 6) is 0. The molecule has 0 amide bonds. The van der Waals surface area contributed by atoms with Gasteiger partial charge in [-0.1, -0.05) is 18.2 Å².